The number of aliphatic carboxylic acids is 1. The highest BCUT2D eigenvalue weighted by Crippen LogP contribution is 2.25. The SMILES string of the molecule is CCC1CCN(CC(N)(C(=O)O)c2ccccc2)CC1. The number of carbonyl (C=O) groups is 1. The maximum atomic E-state index is 11.7. The van der Waals surface area contributed by atoms with Crippen molar-refractivity contribution in [2.24, 2.45) is 11.7 Å². The monoisotopic (exact) mass is 276 g/mol. The van der Waals surface area contributed by atoms with E-state index < -0.39 is 11.5 Å². The van der Waals surface area contributed by atoms with Crippen LogP contribution in [0.4, 0.5) is 0 Å². The molecule has 0 spiro atoms. The van der Waals surface area contributed by atoms with Gasteiger partial charge in [0.05, 0.1) is 0 Å². The summed E-state index contributed by atoms with van der Waals surface area (Å²) in [6, 6.07) is 9.14. The molecule has 1 saturated heterocycles. The number of nitrogens with two attached hydrogens (primary N) is 1. The van der Waals surface area contributed by atoms with Gasteiger partial charge in [-0.15, -0.1) is 0 Å². The zero-order chi connectivity index (χ0) is 14.6. The van der Waals surface area contributed by atoms with Gasteiger partial charge < -0.3 is 15.7 Å². The summed E-state index contributed by atoms with van der Waals surface area (Å²) in [7, 11) is 0. The average molecular weight is 276 g/mol. The van der Waals surface area contributed by atoms with E-state index in [9.17, 15) is 9.90 Å². The Kier molecular flexibility index (Phi) is 4.78. The number of piperidine rings is 1. The van der Waals surface area contributed by atoms with E-state index in [1.807, 2.05) is 18.2 Å². The second-order valence-corrected chi connectivity index (χ2v) is 5.77. The first kappa shape index (κ1) is 15.0. The second-order valence-electron chi connectivity index (χ2n) is 5.77. The van der Waals surface area contributed by atoms with Crippen molar-refractivity contribution in [2.75, 3.05) is 19.6 Å². The van der Waals surface area contributed by atoms with E-state index >= 15 is 0 Å². The molecule has 1 aliphatic heterocycles. The number of carboxylic acid groups (broad SMARTS) is 1. The van der Waals surface area contributed by atoms with Gasteiger partial charge in [0.25, 0.3) is 0 Å². The first-order valence-corrected chi connectivity index (χ1v) is 7.36. The summed E-state index contributed by atoms with van der Waals surface area (Å²) in [4.78, 5) is 13.9. The van der Waals surface area contributed by atoms with Crippen LogP contribution in [0.1, 0.15) is 31.7 Å². The second kappa shape index (κ2) is 6.37. The van der Waals surface area contributed by atoms with Crippen molar-refractivity contribution in [1.82, 2.24) is 4.90 Å². The average Bonchev–Trinajstić information content (AvgIpc) is 2.48. The first-order chi connectivity index (χ1) is 9.56. The van der Waals surface area contributed by atoms with Gasteiger partial charge in [0.1, 0.15) is 0 Å². The summed E-state index contributed by atoms with van der Waals surface area (Å²) in [6.45, 7) is 4.48. The van der Waals surface area contributed by atoms with Gasteiger partial charge >= 0.3 is 5.97 Å². The lowest BCUT2D eigenvalue weighted by molar-refractivity contribution is -0.144. The molecule has 4 nitrogen and oxygen atoms in total. The van der Waals surface area contributed by atoms with Crippen molar-refractivity contribution in [3.05, 3.63) is 35.9 Å². The fourth-order valence-corrected chi connectivity index (χ4v) is 2.92. The van der Waals surface area contributed by atoms with Crippen LogP contribution in [0, 0.1) is 5.92 Å². The molecule has 0 radical (unpaired) electrons. The van der Waals surface area contributed by atoms with E-state index in [1.54, 1.807) is 12.1 Å². The van der Waals surface area contributed by atoms with Crippen LogP contribution >= 0.6 is 0 Å². The zero-order valence-corrected chi connectivity index (χ0v) is 12.1. The van der Waals surface area contributed by atoms with E-state index in [0.717, 1.165) is 31.8 Å². The van der Waals surface area contributed by atoms with Gasteiger partial charge in [-0.1, -0.05) is 43.7 Å². The molecule has 0 aromatic heterocycles. The van der Waals surface area contributed by atoms with E-state index in [1.165, 1.54) is 6.42 Å². The predicted molar refractivity (Wildman–Crippen MR) is 79.4 cm³/mol. The molecule has 2 rings (SSSR count). The van der Waals surface area contributed by atoms with E-state index in [-0.39, 0.29) is 0 Å². The van der Waals surface area contributed by atoms with Gasteiger partial charge in [0.2, 0.25) is 0 Å². The predicted octanol–water partition coefficient (Wildman–Crippen LogP) is 2.05. The maximum Gasteiger partial charge on any atom is 0.329 e. The van der Waals surface area contributed by atoms with E-state index in [2.05, 4.69) is 11.8 Å². The third kappa shape index (κ3) is 3.19. The lowest BCUT2D eigenvalue weighted by Crippen LogP contribution is -2.54. The fraction of sp³-hybridized carbons (Fsp3) is 0.562. The summed E-state index contributed by atoms with van der Waals surface area (Å²) in [6.07, 6.45) is 3.49. The molecule has 1 heterocycles. The molecule has 1 aliphatic rings. The molecular weight excluding hydrogens is 252 g/mol. The Hall–Kier alpha value is -1.39. The number of hydrogen-bond donors (Lipinski definition) is 2. The molecule has 4 heteroatoms. The summed E-state index contributed by atoms with van der Waals surface area (Å²) in [5.41, 5.74) is 5.57. The van der Waals surface area contributed by atoms with Gasteiger partial charge in [0.15, 0.2) is 5.54 Å². The highest BCUT2D eigenvalue weighted by atomic mass is 16.4. The van der Waals surface area contributed by atoms with Crippen LogP contribution in [0.15, 0.2) is 30.3 Å². The van der Waals surface area contributed by atoms with Crippen molar-refractivity contribution in [3.8, 4) is 0 Å². The number of benzene rings is 1. The van der Waals surface area contributed by atoms with Crippen LogP contribution in [0.3, 0.4) is 0 Å². The van der Waals surface area contributed by atoms with Gasteiger partial charge in [-0.3, -0.25) is 0 Å². The highest BCUT2D eigenvalue weighted by Gasteiger charge is 2.38. The first-order valence-electron chi connectivity index (χ1n) is 7.36. The quantitative estimate of drug-likeness (QED) is 0.863. The summed E-state index contributed by atoms with van der Waals surface area (Å²) < 4.78 is 0. The number of carboxylic acids is 1. The summed E-state index contributed by atoms with van der Waals surface area (Å²) in [5.74, 6) is -0.179. The summed E-state index contributed by atoms with van der Waals surface area (Å²) in [5, 5.41) is 9.56. The van der Waals surface area contributed by atoms with E-state index in [4.69, 9.17) is 5.73 Å². The summed E-state index contributed by atoms with van der Waals surface area (Å²) >= 11 is 0. The molecular formula is C16H24N2O2. The minimum atomic E-state index is -1.32. The van der Waals surface area contributed by atoms with Crippen molar-refractivity contribution in [2.45, 2.75) is 31.7 Å². The van der Waals surface area contributed by atoms with Crippen LogP contribution in [0.5, 0.6) is 0 Å². The topological polar surface area (TPSA) is 66.6 Å². The standard InChI is InChI=1S/C16H24N2O2/c1-2-13-8-10-18(11-9-13)12-16(17,15(19)20)14-6-4-3-5-7-14/h3-7,13H,2,8-12,17H2,1H3,(H,19,20). The van der Waals surface area contributed by atoms with Gasteiger partial charge in [-0.2, -0.15) is 0 Å². The lowest BCUT2D eigenvalue weighted by Gasteiger charge is -2.37. The molecule has 1 aromatic carbocycles. The Morgan fingerprint density at radius 2 is 1.95 bits per heavy atom. The highest BCUT2D eigenvalue weighted by molar-refractivity contribution is 5.80. The van der Waals surface area contributed by atoms with Gasteiger partial charge in [-0.05, 0) is 37.4 Å². The van der Waals surface area contributed by atoms with Crippen LogP contribution in [-0.4, -0.2) is 35.6 Å². The minimum absolute atomic E-state index is 0.378. The zero-order valence-electron chi connectivity index (χ0n) is 12.1. The lowest BCUT2D eigenvalue weighted by atomic mass is 9.88. The van der Waals surface area contributed by atoms with Crippen molar-refractivity contribution < 1.29 is 9.90 Å². The molecule has 1 aromatic rings. The van der Waals surface area contributed by atoms with E-state index in [0.29, 0.717) is 12.1 Å². The normalized spacial score (nSPS) is 20.5. The smallest absolute Gasteiger partial charge is 0.329 e. The number of nitrogens with zero attached hydrogens (tertiary/aromatic N) is 1. The minimum Gasteiger partial charge on any atom is -0.480 e. The third-order valence-electron chi connectivity index (χ3n) is 4.43. The molecule has 0 bridgehead atoms. The van der Waals surface area contributed by atoms with Crippen LogP contribution in [-0.2, 0) is 10.3 Å². The number of hydrogen-bond acceptors (Lipinski definition) is 3. The molecule has 3 N–H and O–H groups in total. The Bertz CT molecular complexity index is 441. The Balaban J connectivity index is 2.09. The van der Waals surface area contributed by atoms with Crippen LogP contribution in [0.2, 0.25) is 0 Å². The Morgan fingerprint density at radius 3 is 2.45 bits per heavy atom. The molecule has 0 saturated carbocycles. The van der Waals surface area contributed by atoms with Crippen molar-refractivity contribution in [3.63, 3.8) is 0 Å². The Labute approximate surface area is 120 Å². The molecule has 1 atom stereocenters. The fourth-order valence-electron chi connectivity index (χ4n) is 2.92. The Morgan fingerprint density at radius 1 is 1.35 bits per heavy atom. The molecule has 1 unspecified atom stereocenters. The molecule has 1 fully saturated rings. The molecule has 0 aliphatic carbocycles. The third-order valence-corrected chi connectivity index (χ3v) is 4.43. The molecule has 0 amide bonds. The molecule has 20 heavy (non-hydrogen) atoms. The van der Waals surface area contributed by atoms with Crippen LogP contribution in [0.25, 0.3) is 0 Å². The van der Waals surface area contributed by atoms with Gasteiger partial charge in [-0.25, -0.2) is 4.79 Å². The van der Waals surface area contributed by atoms with Crippen molar-refractivity contribution >= 4 is 5.97 Å². The van der Waals surface area contributed by atoms with Gasteiger partial charge in [0, 0.05) is 6.54 Å². The van der Waals surface area contributed by atoms with Crippen LogP contribution < -0.4 is 5.73 Å². The van der Waals surface area contributed by atoms with Crippen molar-refractivity contribution in [1.29, 1.82) is 0 Å². The maximum absolute atomic E-state index is 11.7. The number of rotatable bonds is 5. The largest absolute Gasteiger partial charge is 0.480 e. The molecule has 110 valence electrons. The number of likely N-dealkylation sites (tertiary alicyclic amines) is 1.